The van der Waals surface area contributed by atoms with Crippen LogP contribution in [0.2, 0.25) is 10.0 Å². The van der Waals surface area contributed by atoms with E-state index in [9.17, 15) is 5.11 Å². The molecule has 0 bridgehead atoms. The van der Waals surface area contributed by atoms with Gasteiger partial charge in [-0.3, -0.25) is 0 Å². The monoisotopic (exact) mass is 330 g/mol. The first-order valence-electron chi connectivity index (χ1n) is 7.66. The van der Waals surface area contributed by atoms with Crippen LogP contribution in [0.1, 0.15) is 31.4 Å². The van der Waals surface area contributed by atoms with Crippen molar-refractivity contribution in [1.29, 1.82) is 0 Å². The molecule has 1 heterocycles. The maximum absolute atomic E-state index is 9.22. The molecule has 2 rings (SSSR count). The summed E-state index contributed by atoms with van der Waals surface area (Å²) < 4.78 is 0. The molecule has 1 aliphatic heterocycles. The van der Waals surface area contributed by atoms with Gasteiger partial charge in [-0.05, 0) is 50.0 Å². The Balaban J connectivity index is 1.98. The van der Waals surface area contributed by atoms with E-state index >= 15 is 0 Å². The second-order valence-electron chi connectivity index (χ2n) is 5.68. The number of halogens is 2. The van der Waals surface area contributed by atoms with Gasteiger partial charge >= 0.3 is 0 Å². The van der Waals surface area contributed by atoms with E-state index in [0.717, 1.165) is 44.6 Å². The highest BCUT2D eigenvalue weighted by atomic mass is 35.5. The fraction of sp³-hybridized carbons (Fsp3) is 0.625. The Morgan fingerprint density at radius 2 is 2.24 bits per heavy atom. The minimum Gasteiger partial charge on any atom is -0.396 e. The van der Waals surface area contributed by atoms with Gasteiger partial charge in [0, 0.05) is 19.2 Å². The average molecular weight is 331 g/mol. The summed E-state index contributed by atoms with van der Waals surface area (Å²) in [6.07, 6.45) is 2.09. The van der Waals surface area contributed by atoms with Crippen LogP contribution in [-0.2, 0) is 0 Å². The summed E-state index contributed by atoms with van der Waals surface area (Å²) in [5.41, 5.74) is 1.07. The molecule has 0 aromatic heterocycles. The lowest BCUT2D eigenvalue weighted by Gasteiger charge is -2.23. The Labute approximate surface area is 137 Å². The van der Waals surface area contributed by atoms with Crippen LogP contribution in [0, 0.1) is 5.92 Å². The third-order valence-corrected chi connectivity index (χ3v) is 5.00. The van der Waals surface area contributed by atoms with E-state index in [1.165, 1.54) is 0 Å². The van der Waals surface area contributed by atoms with Crippen molar-refractivity contribution in [3.63, 3.8) is 0 Å². The van der Waals surface area contributed by atoms with Gasteiger partial charge in [-0.15, -0.1) is 0 Å². The highest BCUT2D eigenvalue weighted by Crippen LogP contribution is 2.31. The summed E-state index contributed by atoms with van der Waals surface area (Å²) in [5.74, 6) is 0.442. The second kappa shape index (κ2) is 8.35. The molecule has 3 nitrogen and oxygen atoms in total. The smallest absolute Gasteiger partial charge is 0.0640 e. The van der Waals surface area contributed by atoms with Crippen LogP contribution in [0.5, 0.6) is 0 Å². The number of rotatable bonds is 7. The van der Waals surface area contributed by atoms with Crippen molar-refractivity contribution in [3.05, 3.63) is 33.8 Å². The molecule has 0 aliphatic carbocycles. The zero-order valence-corrected chi connectivity index (χ0v) is 14.0. The Hall–Kier alpha value is -0.320. The van der Waals surface area contributed by atoms with E-state index in [1.54, 1.807) is 0 Å². The summed E-state index contributed by atoms with van der Waals surface area (Å²) in [4.78, 5) is 2.42. The second-order valence-corrected chi connectivity index (χ2v) is 6.47. The van der Waals surface area contributed by atoms with E-state index in [-0.39, 0.29) is 6.04 Å². The Bertz CT molecular complexity index is 456. The fourth-order valence-corrected chi connectivity index (χ4v) is 3.42. The van der Waals surface area contributed by atoms with Crippen LogP contribution in [-0.4, -0.2) is 42.8 Å². The first-order valence-corrected chi connectivity index (χ1v) is 8.41. The maximum atomic E-state index is 9.22. The third kappa shape index (κ3) is 4.57. The average Bonchev–Trinajstić information content (AvgIpc) is 2.95. The maximum Gasteiger partial charge on any atom is 0.0640 e. The molecule has 1 aromatic carbocycles. The molecular formula is C16H24Cl2N2O. The van der Waals surface area contributed by atoms with Gasteiger partial charge in [0.1, 0.15) is 0 Å². The van der Waals surface area contributed by atoms with Gasteiger partial charge in [-0.1, -0.05) is 42.3 Å². The number of benzene rings is 1. The van der Waals surface area contributed by atoms with Gasteiger partial charge in [0.05, 0.1) is 10.0 Å². The lowest BCUT2D eigenvalue weighted by Crippen LogP contribution is -2.28. The Morgan fingerprint density at radius 3 is 2.90 bits per heavy atom. The van der Waals surface area contributed by atoms with Crippen molar-refractivity contribution in [1.82, 2.24) is 10.2 Å². The molecule has 5 heteroatoms. The number of aliphatic hydroxyl groups excluding tert-OH is 1. The van der Waals surface area contributed by atoms with Crippen molar-refractivity contribution < 1.29 is 5.11 Å². The molecule has 2 N–H and O–H groups in total. The van der Waals surface area contributed by atoms with Crippen LogP contribution in [0.3, 0.4) is 0 Å². The quantitative estimate of drug-likeness (QED) is 0.804. The zero-order chi connectivity index (χ0) is 15.2. The lowest BCUT2D eigenvalue weighted by atomic mass is 10.0. The molecule has 118 valence electrons. The molecule has 1 aromatic rings. The SMILES string of the molecule is CCNC(CCN1CCC(CO)C1)c1cccc(Cl)c1Cl. The minimum absolute atomic E-state index is 0.217. The van der Waals surface area contributed by atoms with Gasteiger partial charge in [-0.2, -0.15) is 0 Å². The van der Waals surface area contributed by atoms with Crippen LogP contribution in [0.4, 0.5) is 0 Å². The molecule has 2 atom stereocenters. The predicted molar refractivity (Wildman–Crippen MR) is 89.1 cm³/mol. The van der Waals surface area contributed by atoms with Crippen molar-refractivity contribution in [2.24, 2.45) is 5.92 Å². The van der Waals surface area contributed by atoms with Gasteiger partial charge in [0.15, 0.2) is 0 Å². The molecule has 0 saturated carbocycles. The summed E-state index contributed by atoms with van der Waals surface area (Å²) in [6, 6.07) is 6.03. The predicted octanol–water partition coefficient (Wildman–Crippen LogP) is 3.35. The van der Waals surface area contributed by atoms with Gasteiger partial charge in [-0.25, -0.2) is 0 Å². The largest absolute Gasteiger partial charge is 0.396 e. The molecule has 2 unspecified atom stereocenters. The van der Waals surface area contributed by atoms with E-state index in [2.05, 4.69) is 17.1 Å². The van der Waals surface area contributed by atoms with Crippen LogP contribution in [0.15, 0.2) is 18.2 Å². The molecule has 0 spiro atoms. The first-order chi connectivity index (χ1) is 10.2. The first kappa shape index (κ1) is 17.0. The van der Waals surface area contributed by atoms with E-state index < -0.39 is 0 Å². The number of hydrogen-bond acceptors (Lipinski definition) is 3. The summed E-state index contributed by atoms with van der Waals surface area (Å²) in [6.45, 7) is 6.38. The number of aliphatic hydroxyl groups is 1. The van der Waals surface area contributed by atoms with Crippen molar-refractivity contribution >= 4 is 23.2 Å². The highest BCUT2D eigenvalue weighted by molar-refractivity contribution is 6.42. The summed E-state index contributed by atoms with van der Waals surface area (Å²) in [5, 5.41) is 14.0. The van der Waals surface area contributed by atoms with E-state index in [0.29, 0.717) is 22.6 Å². The molecule has 1 fully saturated rings. The van der Waals surface area contributed by atoms with Gasteiger partial charge in [0.25, 0.3) is 0 Å². The third-order valence-electron chi connectivity index (χ3n) is 4.17. The van der Waals surface area contributed by atoms with Gasteiger partial charge in [0.2, 0.25) is 0 Å². The summed E-state index contributed by atoms with van der Waals surface area (Å²) >= 11 is 12.5. The van der Waals surface area contributed by atoms with Crippen molar-refractivity contribution in [2.75, 3.05) is 32.8 Å². The topological polar surface area (TPSA) is 35.5 Å². The molecule has 1 aliphatic rings. The molecule has 0 amide bonds. The number of likely N-dealkylation sites (tertiary alicyclic amines) is 1. The summed E-state index contributed by atoms with van der Waals surface area (Å²) in [7, 11) is 0. The van der Waals surface area contributed by atoms with Crippen molar-refractivity contribution in [3.8, 4) is 0 Å². The Kier molecular flexibility index (Phi) is 6.77. The van der Waals surface area contributed by atoms with Crippen LogP contribution >= 0.6 is 23.2 Å². The highest BCUT2D eigenvalue weighted by Gasteiger charge is 2.23. The van der Waals surface area contributed by atoms with E-state index in [4.69, 9.17) is 23.2 Å². The normalized spacial score (nSPS) is 20.9. The molecule has 0 radical (unpaired) electrons. The zero-order valence-electron chi connectivity index (χ0n) is 12.5. The van der Waals surface area contributed by atoms with Crippen LogP contribution in [0.25, 0.3) is 0 Å². The number of nitrogens with zero attached hydrogens (tertiary/aromatic N) is 1. The Morgan fingerprint density at radius 1 is 1.43 bits per heavy atom. The lowest BCUT2D eigenvalue weighted by molar-refractivity contribution is 0.219. The standard InChI is InChI=1S/C16H24Cl2N2O/c1-2-19-15(13-4-3-5-14(17)16(13)18)7-9-20-8-6-12(10-20)11-21/h3-5,12,15,19,21H,2,6-11H2,1H3. The van der Waals surface area contributed by atoms with Crippen LogP contribution < -0.4 is 5.32 Å². The molecule has 1 saturated heterocycles. The van der Waals surface area contributed by atoms with Crippen molar-refractivity contribution in [2.45, 2.75) is 25.8 Å². The fourth-order valence-electron chi connectivity index (χ4n) is 2.98. The number of nitrogens with one attached hydrogen (secondary N) is 1. The van der Waals surface area contributed by atoms with E-state index in [1.807, 2.05) is 18.2 Å². The molecule has 21 heavy (non-hydrogen) atoms. The minimum atomic E-state index is 0.217. The molecular weight excluding hydrogens is 307 g/mol. The van der Waals surface area contributed by atoms with Gasteiger partial charge < -0.3 is 15.3 Å². The number of hydrogen-bond donors (Lipinski definition) is 2.